The lowest BCUT2D eigenvalue weighted by Gasteiger charge is -2.26. The van der Waals surface area contributed by atoms with Crippen LogP contribution in [0.25, 0.3) is 0 Å². The minimum atomic E-state index is -5.04. The Morgan fingerprint density at radius 3 is 0.713 bits per heavy atom. The van der Waals surface area contributed by atoms with Gasteiger partial charge in [-0.3, -0.25) is 0 Å². The average molecular weight is 1130 g/mol. The van der Waals surface area contributed by atoms with Gasteiger partial charge in [0.05, 0.1) is 49.7 Å². The van der Waals surface area contributed by atoms with Gasteiger partial charge in [0, 0.05) is 12.1 Å². The van der Waals surface area contributed by atoms with Crippen LogP contribution in [-0.4, -0.2) is 52.2 Å². The normalized spacial score (nSPS) is 14.7. The Labute approximate surface area is 483 Å². The highest BCUT2D eigenvalue weighted by Gasteiger charge is 2.57. The van der Waals surface area contributed by atoms with Crippen molar-refractivity contribution < 1.29 is 54.2 Å². The number of hydrogen-bond donors (Lipinski definition) is 0. The molecule has 4 rings (SSSR count). The molecule has 2 aromatic carbocycles. The van der Waals surface area contributed by atoms with Gasteiger partial charge < -0.3 is 54.2 Å². The van der Waals surface area contributed by atoms with E-state index in [1.165, 1.54) is 180 Å². The molecule has 2 heterocycles. The number of rotatable bonds is 51. The average Bonchev–Trinajstić information content (AvgIpc) is 3.45. The molecule has 14 heteroatoms. The van der Waals surface area contributed by atoms with Crippen molar-refractivity contribution in [3.63, 3.8) is 0 Å². The van der Waals surface area contributed by atoms with Gasteiger partial charge >= 0.3 is 14.2 Å². The van der Waals surface area contributed by atoms with Gasteiger partial charge in [0.2, 0.25) is 0 Å². The van der Waals surface area contributed by atoms with Crippen molar-refractivity contribution in [1.29, 1.82) is 0 Å². The molecule has 0 saturated heterocycles. The van der Waals surface area contributed by atoms with Crippen molar-refractivity contribution in [2.75, 3.05) is 26.4 Å². The van der Waals surface area contributed by atoms with E-state index in [1.807, 2.05) is 0 Å². The molecule has 0 atom stereocenters. The van der Waals surface area contributed by atoms with Gasteiger partial charge in [0.25, 0.3) is 11.6 Å². The number of hydrogen-bond acceptors (Lipinski definition) is 6. The summed E-state index contributed by atoms with van der Waals surface area (Å²) in [6.45, 7) is 10.7. The summed E-state index contributed by atoms with van der Waals surface area (Å²) >= 11 is 0. The molecule has 8 nitrogen and oxygen atoms in total. The quantitative estimate of drug-likeness (QED) is 0.0284. The third-order valence-corrected chi connectivity index (χ3v) is 15.2. The fourth-order valence-corrected chi connectivity index (χ4v) is 10.5. The van der Waals surface area contributed by atoms with Crippen LogP contribution in [0.3, 0.4) is 0 Å². The first-order valence-corrected chi connectivity index (χ1v) is 32.8. The molecule has 0 aromatic heterocycles. The standard InChI is InChI=1S/C66H108B2F4O8/c1-5-9-13-17-21-25-29-33-37-41-45-73-59-49-57(50-60(53-59)74-46-42-38-34-30-26-22-18-14-10-6-2)63-55-65(79-67(69,70)77-63)66-56-64(78-68(71,72)80-66)58-51-61(75-47-43-39-35-31-27-23-19-15-11-7-3)54-62(52-58)76-48-44-40-36-32-28-24-20-16-12-8-4/h49-56H,5-48H2,1-4H3. The Kier molecular flexibility index (Phi) is 36.5. The molecule has 80 heavy (non-hydrogen) atoms. The Morgan fingerprint density at radius 1 is 0.300 bits per heavy atom. The molecule has 2 aliphatic rings. The van der Waals surface area contributed by atoms with Crippen LogP contribution in [0.1, 0.15) is 304 Å². The molecule has 0 aliphatic carbocycles. The summed E-state index contributed by atoms with van der Waals surface area (Å²) in [5.74, 6) is -0.151. The number of ether oxygens (including phenoxy) is 4. The molecule has 0 N–H and O–H groups in total. The van der Waals surface area contributed by atoms with Gasteiger partial charge in [0.15, 0.2) is 0 Å². The van der Waals surface area contributed by atoms with Crippen molar-refractivity contribution in [2.45, 2.75) is 285 Å². The summed E-state index contributed by atoms with van der Waals surface area (Å²) in [6, 6.07) is 9.97. The van der Waals surface area contributed by atoms with Gasteiger partial charge in [-0.1, -0.05) is 259 Å². The van der Waals surface area contributed by atoms with E-state index in [4.69, 9.17) is 36.9 Å². The van der Waals surface area contributed by atoms with Crippen LogP contribution in [-0.2, 0) is 9.31 Å². The van der Waals surface area contributed by atoms with Crippen LogP contribution in [0.2, 0.25) is 0 Å². The maximum Gasteiger partial charge on any atom is 0.995 e. The van der Waals surface area contributed by atoms with E-state index in [1.54, 1.807) is 36.4 Å². The minimum absolute atomic E-state index is 0.219. The van der Waals surface area contributed by atoms with Crippen LogP contribution in [0.4, 0.5) is 17.3 Å². The highest BCUT2D eigenvalue weighted by molar-refractivity contribution is 6.52. The zero-order valence-electron chi connectivity index (χ0n) is 50.7. The summed E-state index contributed by atoms with van der Waals surface area (Å²) in [7, 11) is -10.1. The first-order chi connectivity index (χ1) is 39.0. The number of unbranched alkanes of at least 4 members (excludes halogenated alkanes) is 36. The fourth-order valence-electron chi connectivity index (χ4n) is 10.5. The van der Waals surface area contributed by atoms with Crippen LogP contribution >= 0.6 is 0 Å². The number of carbonyl (C=O) groups excluding carboxylic acids is 2. The van der Waals surface area contributed by atoms with Crippen LogP contribution in [0.15, 0.2) is 60.1 Å². The van der Waals surface area contributed by atoms with Crippen molar-refractivity contribution in [2.24, 2.45) is 0 Å². The molecule has 0 saturated carbocycles. The summed E-state index contributed by atoms with van der Waals surface area (Å²) < 4.78 is 108. The number of ketones is 2. The van der Waals surface area contributed by atoms with Crippen molar-refractivity contribution in [3.05, 3.63) is 71.2 Å². The van der Waals surface area contributed by atoms with Crippen LogP contribution < -0.4 is 18.9 Å². The second kappa shape index (κ2) is 42.7. The Hall–Kier alpha value is -4.09. The largest absolute Gasteiger partial charge is 0.995 e. The summed E-state index contributed by atoms with van der Waals surface area (Å²) in [4.78, 5) is 0. The second-order valence-corrected chi connectivity index (χ2v) is 22.8. The molecule has 0 bridgehead atoms. The van der Waals surface area contributed by atoms with E-state index in [0.29, 0.717) is 49.4 Å². The van der Waals surface area contributed by atoms with Crippen LogP contribution in [0.5, 0.6) is 23.0 Å². The van der Waals surface area contributed by atoms with Crippen molar-refractivity contribution in [3.8, 4) is 23.0 Å². The highest BCUT2D eigenvalue weighted by Crippen LogP contribution is 2.35. The molecule has 2 aliphatic heterocycles. The van der Waals surface area contributed by atoms with Gasteiger partial charge in [-0.05, 0) is 49.9 Å². The third-order valence-electron chi connectivity index (χ3n) is 15.2. The summed E-state index contributed by atoms with van der Waals surface area (Å²) in [6.07, 6.45) is 49.6. The number of halogens is 4. The van der Waals surface area contributed by atoms with Crippen LogP contribution in [0, 0.1) is 0 Å². The molecule has 0 fully saturated rings. The van der Waals surface area contributed by atoms with Crippen molar-refractivity contribution in [1.82, 2.24) is 0 Å². The van der Waals surface area contributed by atoms with E-state index in [9.17, 15) is 0 Å². The molecule has 0 radical (unpaired) electrons. The minimum Gasteiger partial charge on any atom is -0.567 e. The fraction of sp³-hybridized carbons (Fsp3) is 0.727. The van der Waals surface area contributed by atoms with E-state index < -0.39 is 25.7 Å². The van der Waals surface area contributed by atoms with E-state index in [0.717, 1.165) is 89.2 Å². The molecule has 2 aromatic rings. The molecule has 0 amide bonds. The predicted octanol–water partition coefficient (Wildman–Crippen LogP) is 21.6. The number of allylic oxidation sites excluding steroid dienone is 2. The molecule has 0 spiro atoms. The second-order valence-electron chi connectivity index (χ2n) is 22.8. The van der Waals surface area contributed by atoms with Gasteiger partial charge in [0.1, 0.15) is 34.5 Å². The lowest BCUT2D eigenvalue weighted by Crippen LogP contribution is -2.36. The SMILES string of the molecule is CCCCCCCCCCCCOc1cc(OCCCCCCCCCCCC)cc(C2=[O+][B-](F)(F)OC(C3=CC(c4cc(OCCCCCCCCCCCC)cc(OCCCCCCCCCCCC)c4)=[O+][B-](F)(F)O3)=C2)c1. The molecular formula is C66H108B2F4O8. The molecule has 0 unspecified atom stereocenters. The summed E-state index contributed by atoms with van der Waals surface area (Å²) in [5.41, 5.74) is 0.438. The van der Waals surface area contributed by atoms with Gasteiger partial charge in [-0.2, -0.15) is 0 Å². The van der Waals surface area contributed by atoms with E-state index in [-0.39, 0.29) is 22.7 Å². The first-order valence-electron chi connectivity index (χ1n) is 32.8. The third kappa shape index (κ3) is 31.4. The zero-order valence-corrected chi connectivity index (χ0v) is 50.7. The molecular weight excluding hydrogens is 1020 g/mol. The monoisotopic (exact) mass is 1130 g/mol. The first kappa shape index (κ1) is 68.4. The number of benzene rings is 2. The Balaban J connectivity index is 1.50. The molecule has 454 valence electrons. The van der Waals surface area contributed by atoms with Gasteiger partial charge in [-0.15, -0.1) is 0 Å². The van der Waals surface area contributed by atoms with Gasteiger partial charge in [-0.25, -0.2) is 0 Å². The smallest absolute Gasteiger partial charge is 0.567 e. The van der Waals surface area contributed by atoms with E-state index in [2.05, 4.69) is 27.7 Å². The highest BCUT2D eigenvalue weighted by atomic mass is 19.3. The topological polar surface area (TPSA) is 78.0 Å². The Bertz CT molecular complexity index is 1830. The zero-order chi connectivity index (χ0) is 57.2. The maximum absolute atomic E-state index is 15.7. The Morgan fingerprint density at radius 2 is 0.500 bits per heavy atom. The lowest BCUT2D eigenvalue weighted by atomic mass is 10.0. The maximum atomic E-state index is 15.7. The predicted molar refractivity (Wildman–Crippen MR) is 325 cm³/mol. The lowest BCUT2D eigenvalue weighted by molar-refractivity contribution is -0.197. The van der Waals surface area contributed by atoms with Crippen molar-refractivity contribution >= 4 is 25.8 Å². The summed E-state index contributed by atoms with van der Waals surface area (Å²) in [5, 5.41) is 0. The van der Waals surface area contributed by atoms with E-state index >= 15 is 17.3 Å².